The maximum absolute atomic E-state index is 11.7. The second-order valence-corrected chi connectivity index (χ2v) is 5.10. The summed E-state index contributed by atoms with van der Waals surface area (Å²) in [7, 11) is 0. The Bertz CT molecular complexity index is 794. The molecule has 2 aromatic carbocycles. The van der Waals surface area contributed by atoms with Crippen molar-refractivity contribution in [1.29, 1.82) is 0 Å². The highest BCUT2D eigenvalue weighted by Crippen LogP contribution is 2.21. The van der Waals surface area contributed by atoms with Crippen LogP contribution in [-0.4, -0.2) is 23.7 Å². The fourth-order valence-corrected chi connectivity index (χ4v) is 2.15. The largest absolute Gasteiger partial charge is 0.484 e. The summed E-state index contributed by atoms with van der Waals surface area (Å²) in [4.78, 5) is 14.6. The minimum absolute atomic E-state index is 0.0905. The van der Waals surface area contributed by atoms with Gasteiger partial charge in [0.2, 0.25) is 0 Å². The van der Waals surface area contributed by atoms with Crippen molar-refractivity contribution < 1.29 is 9.53 Å². The van der Waals surface area contributed by atoms with E-state index in [2.05, 4.69) is 15.5 Å². The van der Waals surface area contributed by atoms with E-state index in [0.29, 0.717) is 5.75 Å². The number of aromatic amines is 1. The van der Waals surface area contributed by atoms with Gasteiger partial charge in [-0.1, -0.05) is 42.5 Å². The Kier molecular flexibility index (Phi) is 5.04. The van der Waals surface area contributed by atoms with Crippen molar-refractivity contribution in [3.8, 4) is 16.9 Å². The number of amides is 1. The molecule has 0 fully saturated rings. The van der Waals surface area contributed by atoms with Gasteiger partial charge in [0.15, 0.2) is 6.61 Å². The number of benzene rings is 2. The average molecular weight is 319 g/mol. The van der Waals surface area contributed by atoms with Crippen LogP contribution < -0.4 is 10.2 Å². The number of aromatic nitrogens is 1. The number of carbonyl (C=O) groups is 1. The molecule has 0 bridgehead atoms. The Hall–Kier alpha value is -3.34. The number of hydrogen-bond donors (Lipinski definition) is 2. The number of nitrogens with one attached hydrogen (secondary N) is 2. The van der Waals surface area contributed by atoms with E-state index in [1.165, 1.54) is 6.21 Å². The lowest BCUT2D eigenvalue weighted by atomic mass is 10.1. The molecular weight excluding hydrogens is 302 g/mol. The Labute approximate surface area is 140 Å². The van der Waals surface area contributed by atoms with E-state index in [1.54, 1.807) is 6.20 Å². The number of H-pyrrole nitrogens is 1. The van der Waals surface area contributed by atoms with Crippen LogP contribution in [0.5, 0.6) is 5.75 Å². The van der Waals surface area contributed by atoms with Gasteiger partial charge in [-0.2, -0.15) is 5.10 Å². The van der Waals surface area contributed by atoms with Gasteiger partial charge in [-0.15, -0.1) is 0 Å². The third kappa shape index (κ3) is 4.33. The van der Waals surface area contributed by atoms with E-state index < -0.39 is 0 Å². The molecule has 0 saturated heterocycles. The van der Waals surface area contributed by atoms with Crippen LogP contribution in [0, 0.1) is 0 Å². The molecule has 2 N–H and O–H groups in total. The molecule has 0 aliphatic heterocycles. The quantitative estimate of drug-likeness (QED) is 0.541. The molecule has 0 aliphatic rings. The van der Waals surface area contributed by atoms with Crippen molar-refractivity contribution in [3.05, 3.63) is 78.6 Å². The minimum Gasteiger partial charge on any atom is -0.484 e. The average Bonchev–Trinajstić information content (AvgIpc) is 3.15. The van der Waals surface area contributed by atoms with Gasteiger partial charge in [-0.25, -0.2) is 5.43 Å². The Morgan fingerprint density at radius 1 is 1.00 bits per heavy atom. The van der Waals surface area contributed by atoms with Gasteiger partial charge in [-0.05, 0) is 35.4 Å². The van der Waals surface area contributed by atoms with Crippen molar-refractivity contribution in [1.82, 2.24) is 10.4 Å². The van der Waals surface area contributed by atoms with Gasteiger partial charge in [-0.3, -0.25) is 4.79 Å². The van der Waals surface area contributed by atoms with Gasteiger partial charge in [0.05, 0.1) is 11.9 Å². The highest BCUT2D eigenvalue weighted by Gasteiger charge is 2.02. The zero-order chi connectivity index (χ0) is 16.6. The first-order valence-corrected chi connectivity index (χ1v) is 7.55. The fourth-order valence-electron chi connectivity index (χ4n) is 2.15. The fraction of sp³-hybridized carbons (Fsp3) is 0.0526. The summed E-state index contributed by atoms with van der Waals surface area (Å²) in [5.41, 5.74) is 5.47. The SMILES string of the molecule is O=C(COc1ccc(-c2ccccc2)cc1)N/N=C/c1ccc[nH]1. The van der Waals surface area contributed by atoms with Crippen molar-refractivity contribution >= 4 is 12.1 Å². The Morgan fingerprint density at radius 2 is 1.75 bits per heavy atom. The lowest BCUT2D eigenvalue weighted by molar-refractivity contribution is -0.123. The summed E-state index contributed by atoms with van der Waals surface area (Å²) in [5.74, 6) is 0.322. The molecule has 24 heavy (non-hydrogen) atoms. The number of rotatable bonds is 6. The molecule has 0 unspecified atom stereocenters. The molecule has 0 spiro atoms. The van der Waals surface area contributed by atoms with Crippen LogP contribution in [-0.2, 0) is 4.79 Å². The van der Waals surface area contributed by atoms with E-state index in [9.17, 15) is 4.79 Å². The first-order valence-electron chi connectivity index (χ1n) is 7.55. The highest BCUT2D eigenvalue weighted by molar-refractivity contribution is 5.81. The van der Waals surface area contributed by atoms with E-state index in [1.807, 2.05) is 66.7 Å². The third-order valence-corrected chi connectivity index (χ3v) is 3.35. The first-order chi connectivity index (χ1) is 11.8. The molecular formula is C19H17N3O2. The van der Waals surface area contributed by atoms with Crippen LogP contribution in [0.25, 0.3) is 11.1 Å². The number of hydrogen-bond acceptors (Lipinski definition) is 3. The van der Waals surface area contributed by atoms with Gasteiger partial charge >= 0.3 is 0 Å². The van der Waals surface area contributed by atoms with Gasteiger partial charge in [0.25, 0.3) is 5.91 Å². The standard InChI is InChI=1S/C19H17N3O2/c23-19(22-21-13-17-7-4-12-20-17)14-24-18-10-8-16(9-11-18)15-5-2-1-3-6-15/h1-13,20H,14H2,(H,22,23)/b21-13+. The van der Waals surface area contributed by atoms with Crippen LogP contribution in [0.1, 0.15) is 5.69 Å². The summed E-state index contributed by atoms with van der Waals surface area (Å²) >= 11 is 0. The molecule has 5 heteroatoms. The van der Waals surface area contributed by atoms with Crippen LogP contribution in [0.15, 0.2) is 78.0 Å². The van der Waals surface area contributed by atoms with Gasteiger partial charge in [0, 0.05) is 6.20 Å². The maximum Gasteiger partial charge on any atom is 0.277 e. The number of ether oxygens (including phenoxy) is 1. The molecule has 0 saturated carbocycles. The second-order valence-electron chi connectivity index (χ2n) is 5.10. The second kappa shape index (κ2) is 7.78. The summed E-state index contributed by atoms with van der Waals surface area (Å²) < 4.78 is 5.45. The molecule has 120 valence electrons. The minimum atomic E-state index is -0.315. The van der Waals surface area contributed by atoms with E-state index >= 15 is 0 Å². The topological polar surface area (TPSA) is 66.5 Å². The Morgan fingerprint density at radius 3 is 2.46 bits per heavy atom. The van der Waals surface area contributed by atoms with E-state index in [4.69, 9.17) is 4.74 Å². The molecule has 3 aromatic rings. The van der Waals surface area contributed by atoms with Crippen LogP contribution in [0.2, 0.25) is 0 Å². The molecule has 1 heterocycles. The molecule has 0 aliphatic carbocycles. The number of carbonyl (C=O) groups excluding carboxylic acids is 1. The van der Waals surface area contributed by atoms with Gasteiger partial charge in [0.1, 0.15) is 5.75 Å². The molecule has 3 rings (SSSR count). The first kappa shape index (κ1) is 15.6. The lowest BCUT2D eigenvalue weighted by Crippen LogP contribution is -2.24. The third-order valence-electron chi connectivity index (χ3n) is 3.35. The molecule has 1 aromatic heterocycles. The Balaban J connectivity index is 1.48. The molecule has 0 atom stereocenters. The lowest BCUT2D eigenvalue weighted by Gasteiger charge is -2.06. The van der Waals surface area contributed by atoms with Crippen LogP contribution >= 0.6 is 0 Å². The molecule has 5 nitrogen and oxygen atoms in total. The zero-order valence-corrected chi connectivity index (χ0v) is 13.0. The number of nitrogens with zero attached hydrogens (tertiary/aromatic N) is 1. The van der Waals surface area contributed by atoms with Crippen molar-refractivity contribution in [2.24, 2.45) is 5.10 Å². The normalized spacial score (nSPS) is 10.7. The van der Waals surface area contributed by atoms with Crippen molar-refractivity contribution in [2.45, 2.75) is 0 Å². The van der Waals surface area contributed by atoms with Crippen LogP contribution in [0.4, 0.5) is 0 Å². The highest BCUT2D eigenvalue weighted by atomic mass is 16.5. The van der Waals surface area contributed by atoms with E-state index in [0.717, 1.165) is 16.8 Å². The maximum atomic E-state index is 11.7. The summed E-state index contributed by atoms with van der Waals surface area (Å²) in [6, 6.07) is 21.4. The predicted octanol–water partition coefficient (Wildman–Crippen LogP) is 3.21. The van der Waals surface area contributed by atoms with Crippen molar-refractivity contribution in [3.63, 3.8) is 0 Å². The predicted molar refractivity (Wildman–Crippen MR) is 93.9 cm³/mol. The monoisotopic (exact) mass is 319 g/mol. The zero-order valence-electron chi connectivity index (χ0n) is 13.0. The van der Waals surface area contributed by atoms with E-state index in [-0.39, 0.29) is 12.5 Å². The van der Waals surface area contributed by atoms with Gasteiger partial charge < -0.3 is 9.72 Å². The smallest absolute Gasteiger partial charge is 0.277 e. The summed E-state index contributed by atoms with van der Waals surface area (Å²) in [5, 5.41) is 3.84. The molecule has 1 amide bonds. The molecule has 0 radical (unpaired) electrons. The van der Waals surface area contributed by atoms with Crippen molar-refractivity contribution in [2.75, 3.05) is 6.61 Å². The van der Waals surface area contributed by atoms with Crippen LogP contribution in [0.3, 0.4) is 0 Å². The summed E-state index contributed by atoms with van der Waals surface area (Å²) in [6.07, 6.45) is 3.32. The summed E-state index contributed by atoms with van der Waals surface area (Å²) in [6.45, 7) is -0.0905. The number of hydrazone groups is 1.